The fourth-order valence-electron chi connectivity index (χ4n) is 1.75. The molecule has 5 nitrogen and oxygen atoms in total. The average molecular weight is 307 g/mol. The smallest absolute Gasteiger partial charge is 0.408 e. The maximum Gasteiger partial charge on any atom is 0.408 e. The Morgan fingerprint density at radius 3 is 2.23 bits per heavy atom. The molecule has 22 heavy (non-hydrogen) atoms. The summed E-state index contributed by atoms with van der Waals surface area (Å²) in [5.74, 6) is -0.557. The van der Waals surface area contributed by atoms with Gasteiger partial charge in [0.05, 0.1) is 0 Å². The summed E-state index contributed by atoms with van der Waals surface area (Å²) < 4.78 is 10.4. The van der Waals surface area contributed by atoms with Crippen LogP contribution in [0.3, 0.4) is 0 Å². The monoisotopic (exact) mass is 307 g/mol. The second kappa shape index (κ2) is 7.82. The number of hydrogen-bond acceptors (Lipinski definition) is 4. The first-order valence-electron chi connectivity index (χ1n) is 7.39. The predicted octanol–water partition coefficient (Wildman–Crippen LogP) is 3.28. The molecule has 0 saturated heterocycles. The van der Waals surface area contributed by atoms with E-state index in [1.807, 2.05) is 44.2 Å². The molecule has 0 fully saturated rings. The van der Waals surface area contributed by atoms with Crippen molar-refractivity contribution in [3.8, 4) is 0 Å². The molecule has 1 N–H and O–H groups in total. The second-order valence-corrected chi connectivity index (χ2v) is 6.46. The van der Waals surface area contributed by atoms with Crippen LogP contribution in [0.15, 0.2) is 30.3 Å². The van der Waals surface area contributed by atoms with Gasteiger partial charge in [0.1, 0.15) is 18.2 Å². The van der Waals surface area contributed by atoms with Gasteiger partial charge in [0.15, 0.2) is 0 Å². The van der Waals surface area contributed by atoms with E-state index in [1.54, 1.807) is 20.8 Å². The summed E-state index contributed by atoms with van der Waals surface area (Å²) in [7, 11) is 0. The summed E-state index contributed by atoms with van der Waals surface area (Å²) in [6, 6.07) is 8.62. The van der Waals surface area contributed by atoms with Gasteiger partial charge in [-0.3, -0.25) is 0 Å². The number of nitrogens with one attached hydrogen (secondary N) is 1. The van der Waals surface area contributed by atoms with Crippen LogP contribution in [-0.2, 0) is 20.9 Å². The maximum atomic E-state index is 12.1. The Labute approximate surface area is 132 Å². The molecule has 1 atom stereocenters. The van der Waals surface area contributed by atoms with Crippen molar-refractivity contribution >= 4 is 12.1 Å². The Bertz CT molecular complexity index is 491. The molecule has 0 aliphatic rings. The molecule has 1 aromatic rings. The highest BCUT2D eigenvalue weighted by Gasteiger charge is 2.29. The first-order chi connectivity index (χ1) is 10.2. The van der Waals surface area contributed by atoms with Gasteiger partial charge in [-0.2, -0.15) is 0 Å². The van der Waals surface area contributed by atoms with Crippen LogP contribution in [0.4, 0.5) is 4.79 Å². The highest BCUT2D eigenvalue weighted by molar-refractivity contribution is 5.81. The number of amides is 1. The zero-order valence-corrected chi connectivity index (χ0v) is 13.9. The van der Waals surface area contributed by atoms with Gasteiger partial charge in [0.25, 0.3) is 0 Å². The molecule has 0 radical (unpaired) electrons. The van der Waals surface area contributed by atoms with Gasteiger partial charge in [-0.15, -0.1) is 0 Å². The summed E-state index contributed by atoms with van der Waals surface area (Å²) >= 11 is 0. The van der Waals surface area contributed by atoms with Gasteiger partial charge < -0.3 is 14.8 Å². The van der Waals surface area contributed by atoms with Gasteiger partial charge >= 0.3 is 12.1 Å². The van der Waals surface area contributed by atoms with Crippen LogP contribution < -0.4 is 5.32 Å². The predicted molar refractivity (Wildman–Crippen MR) is 84.2 cm³/mol. The Morgan fingerprint density at radius 1 is 1.14 bits per heavy atom. The van der Waals surface area contributed by atoms with Gasteiger partial charge in [0, 0.05) is 0 Å². The Balaban J connectivity index is 2.55. The molecule has 1 rings (SSSR count). The van der Waals surface area contributed by atoms with E-state index in [4.69, 9.17) is 9.47 Å². The standard InChI is InChI=1S/C17H25NO4/c1-12(2)14(15(19)22-17(3,4)5)18-16(20)21-11-13-9-7-6-8-10-13/h6-10,12,14H,11H2,1-5H3,(H,18,20). The lowest BCUT2D eigenvalue weighted by Gasteiger charge is -2.26. The summed E-state index contributed by atoms with van der Waals surface area (Å²) in [5, 5.41) is 2.57. The van der Waals surface area contributed by atoms with Crippen molar-refractivity contribution in [1.29, 1.82) is 0 Å². The van der Waals surface area contributed by atoms with E-state index in [-0.39, 0.29) is 12.5 Å². The van der Waals surface area contributed by atoms with Gasteiger partial charge in [0.2, 0.25) is 0 Å². The summed E-state index contributed by atoms with van der Waals surface area (Å²) in [5.41, 5.74) is 0.288. The summed E-state index contributed by atoms with van der Waals surface area (Å²) in [4.78, 5) is 24.0. The number of rotatable bonds is 5. The minimum Gasteiger partial charge on any atom is -0.458 e. The molecule has 1 aromatic carbocycles. The quantitative estimate of drug-likeness (QED) is 0.848. The molecular formula is C17H25NO4. The number of carbonyl (C=O) groups is 2. The molecule has 0 bridgehead atoms. The number of carbonyl (C=O) groups excluding carboxylic acids is 2. The third kappa shape index (κ3) is 6.61. The van der Waals surface area contributed by atoms with Crippen LogP contribution in [0, 0.1) is 5.92 Å². The van der Waals surface area contributed by atoms with E-state index in [2.05, 4.69) is 5.32 Å². The molecule has 5 heteroatoms. The van der Waals surface area contributed by atoms with Crippen LogP contribution in [0.25, 0.3) is 0 Å². The molecule has 1 unspecified atom stereocenters. The Kier molecular flexibility index (Phi) is 6.40. The molecule has 122 valence electrons. The van der Waals surface area contributed by atoms with E-state index in [0.717, 1.165) is 5.56 Å². The third-order valence-corrected chi connectivity index (χ3v) is 2.81. The summed E-state index contributed by atoms with van der Waals surface area (Å²) in [6.07, 6.45) is -0.631. The largest absolute Gasteiger partial charge is 0.458 e. The topological polar surface area (TPSA) is 64.6 Å². The Hall–Kier alpha value is -2.04. The van der Waals surface area contributed by atoms with Crippen molar-refractivity contribution in [3.63, 3.8) is 0 Å². The van der Waals surface area contributed by atoms with Crippen molar-refractivity contribution in [1.82, 2.24) is 5.32 Å². The van der Waals surface area contributed by atoms with Crippen LogP contribution in [-0.4, -0.2) is 23.7 Å². The lowest BCUT2D eigenvalue weighted by Crippen LogP contribution is -2.47. The lowest BCUT2D eigenvalue weighted by atomic mass is 10.0. The number of ether oxygens (including phenoxy) is 2. The zero-order chi connectivity index (χ0) is 16.8. The molecular weight excluding hydrogens is 282 g/mol. The normalized spacial score (nSPS) is 12.6. The minimum absolute atomic E-state index is 0.0980. The van der Waals surface area contributed by atoms with Crippen LogP contribution >= 0.6 is 0 Å². The van der Waals surface area contributed by atoms with Crippen molar-refractivity contribution in [3.05, 3.63) is 35.9 Å². The van der Waals surface area contributed by atoms with E-state index in [9.17, 15) is 9.59 Å². The first kappa shape index (κ1) is 18.0. The highest BCUT2D eigenvalue weighted by Crippen LogP contribution is 2.12. The number of hydrogen-bond donors (Lipinski definition) is 1. The van der Waals surface area contributed by atoms with E-state index >= 15 is 0 Å². The average Bonchev–Trinajstić information content (AvgIpc) is 2.41. The lowest BCUT2D eigenvalue weighted by molar-refractivity contribution is -0.158. The SMILES string of the molecule is CC(C)C(NC(=O)OCc1ccccc1)C(=O)OC(C)(C)C. The van der Waals surface area contributed by atoms with Crippen LogP contribution in [0.1, 0.15) is 40.2 Å². The molecule has 0 aromatic heterocycles. The second-order valence-electron chi connectivity index (χ2n) is 6.46. The zero-order valence-electron chi connectivity index (χ0n) is 13.9. The molecule has 0 aliphatic carbocycles. The number of benzene rings is 1. The fourth-order valence-corrected chi connectivity index (χ4v) is 1.75. The minimum atomic E-state index is -0.734. The van der Waals surface area contributed by atoms with E-state index in [0.29, 0.717) is 0 Å². The van der Waals surface area contributed by atoms with Gasteiger partial charge in [-0.1, -0.05) is 44.2 Å². The van der Waals surface area contributed by atoms with Crippen LogP contribution in [0.2, 0.25) is 0 Å². The number of alkyl carbamates (subject to hydrolysis) is 1. The van der Waals surface area contributed by atoms with Crippen LogP contribution in [0.5, 0.6) is 0 Å². The first-order valence-corrected chi connectivity index (χ1v) is 7.39. The highest BCUT2D eigenvalue weighted by atomic mass is 16.6. The van der Waals surface area contributed by atoms with Crippen molar-refractivity contribution in [2.24, 2.45) is 5.92 Å². The molecule has 1 amide bonds. The Morgan fingerprint density at radius 2 is 1.73 bits per heavy atom. The fraction of sp³-hybridized carbons (Fsp3) is 0.529. The number of esters is 1. The molecule has 0 spiro atoms. The van der Waals surface area contributed by atoms with Crippen molar-refractivity contribution in [2.45, 2.75) is 52.9 Å². The van der Waals surface area contributed by atoms with Gasteiger partial charge in [-0.25, -0.2) is 9.59 Å². The van der Waals surface area contributed by atoms with Crippen molar-refractivity contribution < 1.29 is 19.1 Å². The van der Waals surface area contributed by atoms with E-state index < -0.39 is 23.7 Å². The van der Waals surface area contributed by atoms with E-state index in [1.165, 1.54) is 0 Å². The molecule has 0 heterocycles. The van der Waals surface area contributed by atoms with Gasteiger partial charge in [-0.05, 0) is 32.3 Å². The molecule has 0 saturated carbocycles. The maximum absolute atomic E-state index is 12.1. The summed E-state index contributed by atoms with van der Waals surface area (Å²) in [6.45, 7) is 9.20. The third-order valence-electron chi connectivity index (χ3n) is 2.81. The van der Waals surface area contributed by atoms with Crippen molar-refractivity contribution in [2.75, 3.05) is 0 Å². The molecule has 0 aliphatic heterocycles.